The number of aromatic nitrogens is 2. The van der Waals surface area contributed by atoms with Gasteiger partial charge in [0.2, 0.25) is 5.91 Å². The molecule has 2 rings (SSSR count). The molecule has 0 fully saturated rings. The van der Waals surface area contributed by atoms with Crippen LogP contribution >= 0.6 is 0 Å². The molecule has 0 saturated heterocycles. The molecular formula is C11H11N3O4. The van der Waals surface area contributed by atoms with E-state index in [0.29, 0.717) is 22.5 Å². The van der Waals surface area contributed by atoms with Gasteiger partial charge in [-0.25, -0.2) is 4.98 Å². The van der Waals surface area contributed by atoms with Crippen LogP contribution < -0.4 is 5.32 Å². The number of nitrogens with zero attached hydrogens (tertiary/aromatic N) is 2. The fourth-order valence-corrected chi connectivity index (χ4v) is 1.38. The Morgan fingerprint density at radius 3 is 2.89 bits per heavy atom. The molecule has 7 heteroatoms. The first-order valence-corrected chi connectivity index (χ1v) is 5.24. The number of carboxylic acid groups (broad SMARTS) is 1. The maximum Gasteiger partial charge on any atom is 0.315 e. The second-order valence-corrected chi connectivity index (χ2v) is 3.89. The van der Waals surface area contributed by atoms with Crippen molar-refractivity contribution in [3.05, 3.63) is 18.0 Å². The molecule has 94 valence electrons. The number of fused-ring (bicyclic) bond motifs is 1. The summed E-state index contributed by atoms with van der Waals surface area (Å²) >= 11 is 0. The summed E-state index contributed by atoms with van der Waals surface area (Å²) in [6.07, 6.45) is 1.39. The van der Waals surface area contributed by atoms with E-state index in [2.05, 4.69) is 15.5 Å². The van der Waals surface area contributed by atoms with Gasteiger partial charge in [0.1, 0.15) is 5.92 Å². The number of anilines is 1. The number of hydrogen-bond donors (Lipinski definition) is 2. The number of amides is 1. The molecule has 0 aromatic carbocycles. The van der Waals surface area contributed by atoms with Crippen LogP contribution in [0.4, 0.5) is 5.69 Å². The van der Waals surface area contributed by atoms with Crippen LogP contribution in [0, 0.1) is 12.8 Å². The molecule has 0 saturated carbocycles. The highest BCUT2D eigenvalue weighted by Gasteiger charge is 2.20. The van der Waals surface area contributed by atoms with Gasteiger partial charge in [0.05, 0.1) is 23.0 Å². The summed E-state index contributed by atoms with van der Waals surface area (Å²) in [4.78, 5) is 26.2. The predicted octanol–water partition coefficient (Wildman–Crippen LogP) is 1.19. The first-order chi connectivity index (χ1) is 8.49. The van der Waals surface area contributed by atoms with Crippen LogP contribution in [0.15, 0.2) is 16.8 Å². The number of hydrogen-bond acceptors (Lipinski definition) is 5. The zero-order valence-electron chi connectivity index (χ0n) is 9.80. The third-order valence-corrected chi connectivity index (χ3v) is 2.54. The van der Waals surface area contributed by atoms with Crippen molar-refractivity contribution in [2.24, 2.45) is 5.92 Å². The molecule has 2 heterocycles. The largest absolute Gasteiger partial charge is 0.481 e. The maximum atomic E-state index is 11.6. The maximum absolute atomic E-state index is 11.6. The van der Waals surface area contributed by atoms with Crippen molar-refractivity contribution in [2.45, 2.75) is 13.8 Å². The number of aliphatic carboxylic acids is 1. The van der Waals surface area contributed by atoms with E-state index in [4.69, 9.17) is 9.63 Å². The average Bonchev–Trinajstić information content (AvgIpc) is 2.70. The summed E-state index contributed by atoms with van der Waals surface area (Å²) in [6, 6.07) is 1.64. The van der Waals surface area contributed by atoms with Gasteiger partial charge in [-0.2, -0.15) is 0 Å². The van der Waals surface area contributed by atoms with Crippen LogP contribution in [-0.4, -0.2) is 27.1 Å². The molecule has 0 aliphatic carbocycles. The molecule has 0 radical (unpaired) electrons. The molecule has 0 unspecified atom stereocenters. The molecule has 1 atom stereocenters. The predicted molar refractivity (Wildman–Crippen MR) is 62.0 cm³/mol. The van der Waals surface area contributed by atoms with Gasteiger partial charge in [-0.3, -0.25) is 9.59 Å². The molecule has 0 aliphatic rings. The number of nitrogens with one attached hydrogen (secondary N) is 1. The molecule has 2 aromatic rings. The van der Waals surface area contributed by atoms with Gasteiger partial charge in [-0.1, -0.05) is 5.16 Å². The average molecular weight is 249 g/mol. The minimum atomic E-state index is -1.18. The molecule has 18 heavy (non-hydrogen) atoms. The first-order valence-electron chi connectivity index (χ1n) is 5.24. The van der Waals surface area contributed by atoms with Crippen LogP contribution in [0.25, 0.3) is 11.1 Å². The third-order valence-electron chi connectivity index (χ3n) is 2.54. The highest BCUT2D eigenvalue weighted by molar-refractivity contribution is 6.04. The van der Waals surface area contributed by atoms with Gasteiger partial charge >= 0.3 is 5.97 Å². The molecule has 0 aliphatic heterocycles. The molecule has 2 N–H and O–H groups in total. The number of carbonyl (C=O) groups excluding carboxylic acids is 1. The van der Waals surface area contributed by atoms with E-state index in [0.717, 1.165) is 0 Å². The van der Waals surface area contributed by atoms with E-state index in [1.165, 1.54) is 13.1 Å². The zero-order chi connectivity index (χ0) is 13.3. The summed E-state index contributed by atoms with van der Waals surface area (Å²) < 4.78 is 4.93. The van der Waals surface area contributed by atoms with Gasteiger partial charge < -0.3 is 14.9 Å². The summed E-state index contributed by atoms with van der Waals surface area (Å²) in [5.74, 6) is -2.90. The second-order valence-electron chi connectivity index (χ2n) is 3.89. The summed E-state index contributed by atoms with van der Waals surface area (Å²) in [5, 5.41) is 15.6. The van der Waals surface area contributed by atoms with Gasteiger partial charge in [0.15, 0.2) is 0 Å². The van der Waals surface area contributed by atoms with Crippen molar-refractivity contribution in [1.82, 2.24) is 10.1 Å². The van der Waals surface area contributed by atoms with E-state index in [9.17, 15) is 9.59 Å². The van der Waals surface area contributed by atoms with Crippen LogP contribution in [0.3, 0.4) is 0 Å². The Balaban J connectivity index is 2.24. The number of pyridine rings is 1. The van der Waals surface area contributed by atoms with E-state index < -0.39 is 17.8 Å². The lowest BCUT2D eigenvalue weighted by molar-refractivity contribution is -0.144. The van der Waals surface area contributed by atoms with Crippen LogP contribution in [0.5, 0.6) is 0 Å². The Hall–Kier alpha value is -2.44. The van der Waals surface area contributed by atoms with Crippen LogP contribution in [0.1, 0.15) is 12.6 Å². The van der Waals surface area contributed by atoms with Gasteiger partial charge in [0, 0.05) is 0 Å². The number of carboxylic acids is 1. The van der Waals surface area contributed by atoms with Crippen molar-refractivity contribution in [3.63, 3.8) is 0 Å². The van der Waals surface area contributed by atoms with Gasteiger partial charge in [-0.15, -0.1) is 0 Å². The van der Waals surface area contributed by atoms with E-state index in [-0.39, 0.29) is 0 Å². The SMILES string of the molecule is Cc1noc2ncc(NC(=O)[C@H](C)C(=O)O)cc12. The molecule has 2 aromatic heterocycles. The fourth-order valence-electron chi connectivity index (χ4n) is 1.38. The topological polar surface area (TPSA) is 105 Å². The van der Waals surface area contributed by atoms with Crippen molar-refractivity contribution < 1.29 is 19.2 Å². The summed E-state index contributed by atoms with van der Waals surface area (Å²) in [6.45, 7) is 3.06. The lowest BCUT2D eigenvalue weighted by Gasteiger charge is -2.07. The first kappa shape index (κ1) is 12.0. The van der Waals surface area contributed by atoms with Gasteiger partial charge in [-0.05, 0) is 19.9 Å². The minimum Gasteiger partial charge on any atom is -0.481 e. The lowest BCUT2D eigenvalue weighted by atomic mass is 10.1. The third kappa shape index (κ3) is 2.15. The van der Waals surface area contributed by atoms with E-state index in [1.807, 2.05) is 0 Å². The Morgan fingerprint density at radius 1 is 1.50 bits per heavy atom. The molecule has 7 nitrogen and oxygen atoms in total. The Bertz CT molecular complexity index is 620. The van der Waals surface area contributed by atoms with Crippen molar-refractivity contribution in [2.75, 3.05) is 5.32 Å². The van der Waals surface area contributed by atoms with Crippen molar-refractivity contribution in [1.29, 1.82) is 0 Å². The monoisotopic (exact) mass is 249 g/mol. The molecule has 0 spiro atoms. The van der Waals surface area contributed by atoms with Gasteiger partial charge in [0.25, 0.3) is 5.71 Å². The van der Waals surface area contributed by atoms with Crippen LogP contribution in [-0.2, 0) is 9.59 Å². The Kier molecular flexibility index (Phi) is 2.97. The lowest BCUT2D eigenvalue weighted by Crippen LogP contribution is -2.26. The quantitative estimate of drug-likeness (QED) is 0.791. The normalized spacial score (nSPS) is 12.3. The van der Waals surface area contributed by atoms with Crippen LogP contribution in [0.2, 0.25) is 0 Å². The summed E-state index contributed by atoms with van der Waals surface area (Å²) in [7, 11) is 0. The fraction of sp³-hybridized carbons (Fsp3) is 0.273. The van der Waals surface area contributed by atoms with Crippen molar-refractivity contribution >= 4 is 28.7 Å². The van der Waals surface area contributed by atoms with E-state index in [1.54, 1.807) is 13.0 Å². The smallest absolute Gasteiger partial charge is 0.315 e. The zero-order valence-corrected chi connectivity index (χ0v) is 9.80. The summed E-state index contributed by atoms with van der Waals surface area (Å²) in [5.41, 5.74) is 1.43. The molecule has 1 amide bonds. The molecular weight excluding hydrogens is 238 g/mol. The van der Waals surface area contributed by atoms with E-state index >= 15 is 0 Å². The number of carbonyl (C=O) groups is 2. The van der Waals surface area contributed by atoms with Crippen molar-refractivity contribution in [3.8, 4) is 0 Å². The number of rotatable bonds is 3. The number of aryl methyl sites for hydroxylation is 1. The minimum absolute atomic E-state index is 0.372. The highest BCUT2D eigenvalue weighted by Crippen LogP contribution is 2.19. The second kappa shape index (κ2) is 4.44. The Labute approximate surface area is 102 Å². The standard InChI is InChI=1S/C11H11N3O4/c1-5(11(16)17)9(15)13-7-3-8-6(2)14-18-10(8)12-4-7/h3-5H,1-2H3,(H,13,15)(H,16,17)/t5-/m0/s1. The molecule has 0 bridgehead atoms. The Morgan fingerprint density at radius 2 is 2.22 bits per heavy atom. The highest BCUT2D eigenvalue weighted by atomic mass is 16.5.